The maximum absolute atomic E-state index is 12.3. The largest absolute Gasteiger partial charge is 0.355 e. The van der Waals surface area contributed by atoms with Gasteiger partial charge in [-0.05, 0) is 18.2 Å². The third-order valence-electron chi connectivity index (χ3n) is 4.30. The van der Waals surface area contributed by atoms with Crippen LogP contribution < -0.4 is 10.2 Å². The molecule has 0 bridgehead atoms. The minimum Gasteiger partial charge on any atom is -0.355 e. The molecule has 1 N–H and O–H groups in total. The lowest BCUT2D eigenvalue weighted by Crippen LogP contribution is -2.52. The zero-order valence-corrected chi connectivity index (χ0v) is 14.1. The van der Waals surface area contributed by atoms with Crippen molar-refractivity contribution >= 4 is 23.1 Å². The molecule has 1 aliphatic heterocycles. The number of carbonyl (C=O) groups is 1. The molecule has 1 saturated heterocycles. The van der Waals surface area contributed by atoms with Gasteiger partial charge >= 0.3 is 0 Å². The van der Waals surface area contributed by atoms with Crippen LogP contribution in [0.3, 0.4) is 0 Å². The predicted molar refractivity (Wildman–Crippen MR) is 96.6 cm³/mol. The van der Waals surface area contributed by atoms with Gasteiger partial charge in [-0.25, -0.2) is 14.6 Å². The maximum Gasteiger partial charge on any atom is 0.269 e. The van der Waals surface area contributed by atoms with Crippen molar-refractivity contribution in [2.75, 3.05) is 23.3 Å². The second-order valence-electron chi connectivity index (χ2n) is 6.08. The van der Waals surface area contributed by atoms with Gasteiger partial charge in [-0.3, -0.25) is 14.9 Å². The number of amides is 1. The van der Waals surface area contributed by atoms with Crippen molar-refractivity contribution in [1.29, 1.82) is 0 Å². The number of hydrogen-bond acceptors (Lipinski definition) is 7. The van der Waals surface area contributed by atoms with Crippen molar-refractivity contribution in [3.05, 3.63) is 65.2 Å². The van der Waals surface area contributed by atoms with E-state index in [9.17, 15) is 14.9 Å². The molecular formula is C17H15N7O3. The minimum atomic E-state index is -0.478. The third-order valence-corrected chi connectivity index (χ3v) is 4.30. The van der Waals surface area contributed by atoms with Gasteiger partial charge in [0.15, 0.2) is 5.82 Å². The van der Waals surface area contributed by atoms with Crippen molar-refractivity contribution < 1.29 is 9.72 Å². The van der Waals surface area contributed by atoms with Crippen LogP contribution in [-0.4, -0.2) is 43.7 Å². The topological polar surface area (TPSA) is 119 Å². The highest BCUT2D eigenvalue weighted by Crippen LogP contribution is 2.25. The number of hydrogen-bond donors (Lipinski definition) is 1. The summed E-state index contributed by atoms with van der Waals surface area (Å²) in [7, 11) is 0. The first-order chi connectivity index (χ1) is 13.1. The normalized spacial score (nSPS) is 13.9. The maximum atomic E-state index is 12.3. The van der Waals surface area contributed by atoms with E-state index >= 15 is 0 Å². The average Bonchev–Trinajstić information content (AvgIpc) is 3.16. The fraction of sp³-hybridized carbons (Fsp3) is 0.176. The van der Waals surface area contributed by atoms with Gasteiger partial charge < -0.3 is 10.2 Å². The first-order valence-electron chi connectivity index (χ1n) is 8.22. The van der Waals surface area contributed by atoms with Crippen LogP contribution >= 0.6 is 0 Å². The Morgan fingerprint density at radius 1 is 1.19 bits per heavy atom. The lowest BCUT2D eigenvalue weighted by Gasteiger charge is -2.39. The molecule has 10 heteroatoms. The van der Waals surface area contributed by atoms with Gasteiger partial charge in [0.1, 0.15) is 12.1 Å². The van der Waals surface area contributed by atoms with E-state index in [-0.39, 0.29) is 17.5 Å². The van der Waals surface area contributed by atoms with Crippen molar-refractivity contribution in [3.8, 4) is 5.82 Å². The number of nitrogens with one attached hydrogen (secondary N) is 1. The molecule has 0 radical (unpaired) electrons. The first kappa shape index (κ1) is 16.6. The second kappa shape index (κ2) is 6.83. The van der Waals surface area contributed by atoms with E-state index in [1.807, 2.05) is 17.0 Å². The molecular weight excluding hydrogens is 350 g/mol. The van der Waals surface area contributed by atoms with Gasteiger partial charge in [0.2, 0.25) is 5.91 Å². The quantitative estimate of drug-likeness (QED) is 0.539. The summed E-state index contributed by atoms with van der Waals surface area (Å²) >= 11 is 0. The minimum absolute atomic E-state index is 0.0143. The van der Waals surface area contributed by atoms with Crippen LogP contribution in [0.25, 0.3) is 5.82 Å². The van der Waals surface area contributed by atoms with Gasteiger partial charge in [-0.1, -0.05) is 0 Å². The van der Waals surface area contributed by atoms with E-state index in [0.29, 0.717) is 24.6 Å². The van der Waals surface area contributed by atoms with Crippen LogP contribution in [0, 0.1) is 16.0 Å². The summed E-state index contributed by atoms with van der Waals surface area (Å²) in [6.07, 6.45) is 4.93. The zero-order chi connectivity index (χ0) is 18.8. The number of nitro groups is 1. The monoisotopic (exact) mass is 365 g/mol. The Kier molecular flexibility index (Phi) is 4.21. The molecule has 4 rings (SSSR count). The van der Waals surface area contributed by atoms with Gasteiger partial charge in [0, 0.05) is 49.4 Å². The number of carbonyl (C=O) groups excluding carboxylic acids is 1. The molecule has 0 saturated carbocycles. The van der Waals surface area contributed by atoms with Crippen molar-refractivity contribution in [3.63, 3.8) is 0 Å². The van der Waals surface area contributed by atoms with E-state index in [2.05, 4.69) is 20.4 Å². The molecule has 0 atom stereocenters. The molecule has 2 aromatic heterocycles. The first-order valence-corrected chi connectivity index (χ1v) is 8.22. The molecule has 0 aliphatic carbocycles. The lowest BCUT2D eigenvalue weighted by molar-refractivity contribution is -0.384. The highest BCUT2D eigenvalue weighted by atomic mass is 16.6. The fourth-order valence-electron chi connectivity index (χ4n) is 2.78. The van der Waals surface area contributed by atoms with Crippen LogP contribution in [0.1, 0.15) is 0 Å². The van der Waals surface area contributed by atoms with E-state index in [1.165, 1.54) is 30.6 Å². The summed E-state index contributed by atoms with van der Waals surface area (Å²) in [5.41, 5.74) is 0.520. The average molecular weight is 365 g/mol. The van der Waals surface area contributed by atoms with Crippen molar-refractivity contribution in [2.24, 2.45) is 5.92 Å². The van der Waals surface area contributed by atoms with Crippen molar-refractivity contribution in [2.45, 2.75) is 0 Å². The summed E-state index contributed by atoms with van der Waals surface area (Å²) in [5, 5.41) is 17.6. The number of rotatable bonds is 5. The lowest BCUT2D eigenvalue weighted by atomic mass is 9.99. The highest BCUT2D eigenvalue weighted by molar-refractivity contribution is 5.94. The number of non-ortho nitro benzene ring substituents is 1. The number of benzene rings is 1. The van der Waals surface area contributed by atoms with E-state index in [4.69, 9.17) is 0 Å². The number of nitro benzene ring substituents is 1. The van der Waals surface area contributed by atoms with Crippen LogP contribution in [-0.2, 0) is 4.79 Å². The molecule has 1 fully saturated rings. The molecule has 3 aromatic rings. The van der Waals surface area contributed by atoms with Crippen LogP contribution in [0.2, 0.25) is 0 Å². The van der Waals surface area contributed by atoms with Crippen molar-refractivity contribution in [1.82, 2.24) is 19.7 Å². The standard InChI is InChI=1S/C17H15N7O3/c25-17(21-13-2-4-14(5-3-13)24(26)27)12-9-22(10-12)15-8-16(19-11-18-15)23-7-1-6-20-23/h1-8,11-12H,9-10H2,(H,21,25). The molecule has 1 aromatic carbocycles. The molecule has 10 nitrogen and oxygen atoms in total. The van der Waals surface area contributed by atoms with Crippen LogP contribution in [0.4, 0.5) is 17.2 Å². The summed E-state index contributed by atoms with van der Waals surface area (Å²) < 4.78 is 1.64. The highest BCUT2D eigenvalue weighted by Gasteiger charge is 2.33. The Hall–Kier alpha value is -3.82. The molecule has 0 unspecified atom stereocenters. The molecule has 136 valence electrons. The number of nitrogens with zero attached hydrogens (tertiary/aromatic N) is 6. The summed E-state index contributed by atoms with van der Waals surface area (Å²) in [6.45, 7) is 1.07. The predicted octanol–water partition coefficient (Wildman–Crippen LogP) is 1.65. The third kappa shape index (κ3) is 3.45. The fourth-order valence-corrected chi connectivity index (χ4v) is 2.78. The molecule has 3 heterocycles. The SMILES string of the molecule is O=C(Nc1ccc([N+](=O)[O-])cc1)C1CN(c2cc(-n3cccn3)ncn2)C1. The van der Waals surface area contributed by atoms with Gasteiger partial charge in [0.05, 0.1) is 10.8 Å². The van der Waals surface area contributed by atoms with Crippen LogP contribution in [0.15, 0.2) is 55.1 Å². The Morgan fingerprint density at radius 2 is 1.93 bits per heavy atom. The van der Waals surface area contributed by atoms with E-state index < -0.39 is 4.92 Å². The Morgan fingerprint density at radius 3 is 2.59 bits per heavy atom. The number of anilines is 2. The second-order valence-corrected chi connectivity index (χ2v) is 6.08. The zero-order valence-electron chi connectivity index (χ0n) is 14.1. The molecule has 1 amide bonds. The van der Waals surface area contributed by atoms with E-state index in [0.717, 1.165) is 5.82 Å². The Labute approximate surface area is 153 Å². The van der Waals surface area contributed by atoms with Gasteiger partial charge in [0.25, 0.3) is 5.69 Å². The summed E-state index contributed by atoms with van der Waals surface area (Å²) in [5.74, 6) is 1.09. The molecule has 1 aliphatic rings. The van der Waals surface area contributed by atoms with Crippen LogP contribution in [0.5, 0.6) is 0 Å². The van der Waals surface area contributed by atoms with E-state index in [1.54, 1.807) is 17.1 Å². The summed E-state index contributed by atoms with van der Waals surface area (Å²) in [4.78, 5) is 32.9. The van der Waals surface area contributed by atoms with Gasteiger partial charge in [-0.15, -0.1) is 0 Å². The molecule has 0 spiro atoms. The number of aromatic nitrogens is 4. The Balaban J connectivity index is 1.36. The molecule has 27 heavy (non-hydrogen) atoms. The Bertz CT molecular complexity index is 966. The summed E-state index contributed by atoms with van der Waals surface area (Å²) in [6, 6.07) is 9.39. The smallest absolute Gasteiger partial charge is 0.269 e. The van der Waals surface area contributed by atoms with Gasteiger partial charge in [-0.2, -0.15) is 5.10 Å².